The number of carboxylic acids is 1. The monoisotopic (exact) mass is 263 g/mol. The molecule has 2 aliphatic rings. The first-order valence-corrected chi connectivity index (χ1v) is 6.13. The predicted octanol–water partition coefficient (Wildman–Crippen LogP) is 2.91. The molecule has 5 nitrogen and oxygen atoms in total. The minimum absolute atomic E-state index is 0.263. The summed E-state index contributed by atoms with van der Waals surface area (Å²) in [7, 11) is 0. The Balaban J connectivity index is 2.15. The van der Waals surface area contributed by atoms with Crippen LogP contribution in [0.3, 0.4) is 0 Å². The Morgan fingerprint density at radius 2 is 2.10 bits per heavy atom. The minimum Gasteiger partial charge on any atom is -0.478 e. The molecule has 0 saturated heterocycles. The highest BCUT2D eigenvalue weighted by atomic mass is 16.4. The summed E-state index contributed by atoms with van der Waals surface area (Å²) in [6, 6.07) is 10.8. The molecular formula is C15H9N3O2. The van der Waals surface area contributed by atoms with E-state index in [1.54, 1.807) is 24.4 Å². The number of H-pyrrole nitrogens is 1. The van der Waals surface area contributed by atoms with Gasteiger partial charge in [0.15, 0.2) is 0 Å². The van der Waals surface area contributed by atoms with Crippen molar-refractivity contribution in [3.8, 4) is 11.3 Å². The molecule has 2 aromatic rings. The molecule has 96 valence electrons. The fraction of sp³-hybridized carbons (Fsp3) is 0. The second kappa shape index (κ2) is 3.77. The molecule has 1 aromatic carbocycles. The molecule has 0 radical (unpaired) electrons. The Morgan fingerprint density at radius 1 is 1.20 bits per heavy atom. The van der Waals surface area contributed by atoms with Gasteiger partial charge >= 0.3 is 5.97 Å². The van der Waals surface area contributed by atoms with Crippen LogP contribution in [0.4, 0.5) is 0 Å². The van der Waals surface area contributed by atoms with Gasteiger partial charge in [-0.25, -0.2) is 9.78 Å². The van der Waals surface area contributed by atoms with Crippen molar-refractivity contribution in [1.29, 1.82) is 0 Å². The number of hydrogen-bond acceptors (Lipinski definition) is 3. The first kappa shape index (κ1) is 10.9. The number of aromatic carboxylic acids is 1. The maximum absolute atomic E-state index is 11.1. The lowest BCUT2D eigenvalue weighted by Gasteiger charge is -1.95. The third-order valence-corrected chi connectivity index (χ3v) is 3.47. The van der Waals surface area contributed by atoms with Gasteiger partial charge in [0.1, 0.15) is 0 Å². The molecule has 2 N–H and O–H groups in total. The number of rotatable bonds is 1. The maximum atomic E-state index is 11.1. The van der Waals surface area contributed by atoms with E-state index >= 15 is 0 Å². The lowest BCUT2D eigenvalue weighted by atomic mass is 10.1. The summed E-state index contributed by atoms with van der Waals surface area (Å²) in [6.45, 7) is 0. The number of aromatic nitrogens is 3. The Hall–Kier alpha value is -2.95. The third-order valence-electron chi connectivity index (χ3n) is 3.47. The van der Waals surface area contributed by atoms with E-state index in [1.807, 2.05) is 18.2 Å². The zero-order valence-electron chi connectivity index (χ0n) is 10.3. The molecule has 2 heterocycles. The van der Waals surface area contributed by atoms with E-state index < -0.39 is 5.97 Å². The second-order valence-corrected chi connectivity index (χ2v) is 4.64. The maximum Gasteiger partial charge on any atom is 0.335 e. The van der Waals surface area contributed by atoms with Crippen LogP contribution in [0.25, 0.3) is 33.1 Å². The van der Waals surface area contributed by atoms with Crippen molar-refractivity contribution in [2.75, 3.05) is 0 Å². The number of fused-ring (bicyclic) bond motifs is 5. The van der Waals surface area contributed by atoms with Gasteiger partial charge in [-0.3, -0.25) is 5.10 Å². The number of hydrogen-bond donors (Lipinski definition) is 2. The van der Waals surface area contributed by atoms with Gasteiger partial charge in [-0.05, 0) is 18.2 Å². The number of benzene rings is 1. The molecule has 1 aromatic heterocycles. The van der Waals surface area contributed by atoms with E-state index in [1.165, 1.54) is 0 Å². The summed E-state index contributed by atoms with van der Waals surface area (Å²) in [5.74, 6) is -0.937. The molecule has 1 aliphatic heterocycles. The van der Waals surface area contributed by atoms with E-state index in [0.29, 0.717) is 0 Å². The van der Waals surface area contributed by atoms with Crippen molar-refractivity contribution >= 4 is 27.8 Å². The number of aromatic amines is 1. The SMILES string of the molecule is O=C(O)c1ccc2nc3c4[nH]ncc4cccc-3c2c1. The number of nitrogens with one attached hydrogen (secondary N) is 1. The molecule has 0 amide bonds. The van der Waals surface area contributed by atoms with Crippen molar-refractivity contribution < 1.29 is 9.90 Å². The Morgan fingerprint density at radius 3 is 2.95 bits per heavy atom. The Bertz CT molecular complexity index is 942. The van der Waals surface area contributed by atoms with Crippen LogP contribution in [0.2, 0.25) is 0 Å². The summed E-state index contributed by atoms with van der Waals surface area (Å²) in [6.07, 6.45) is 1.75. The molecular weight excluding hydrogens is 254 g/mol. The molecule has 0 bridgehead atoms. The average molecular weight is 263 g/mol. The van der Waals surface area contributed by atoms with Gasteiger partial charge in [0.2, 0.25) is 0 Å². The van der Waals surface area contributed by atoms with Crippen LogP contribution in [0.15, 0.2) is 42.6 Å². The highest BCUT2D eigenvalue weighted by Gasteiger charge is 2.16. The van der Waals surface area contributed by atoms with Gasteiger partial charge in [-0.15, -0.1) is 0 Å². The topological polar surface area (TPSA) is 78.9 Å². The first-order chi connectivity index (χ1) is 9.74. The lowest BCUT2D eigenvalue weighted by Crippen LogP contribution is -1.94. The van der Waals surface area contributed by atoms with Crippen molar-refractivity contribution in [3.63, 3.8) is 0 Å². The van der Waals surface area contributed by atoms with Crippen molar-refractivity contribution in [2.45, 2.75) is 0 Å². The molecule has 5 heteroatoms. The van der Waals surface area contributed by atoms with Crippen molar-refractivity contribution in [2.24, 2.45) is 0 Å². The van der Waals surface area contributed by atoms with Crippen LogP contribution in [0.1, 0.15) is 10.4 Å². The number of carbonyl (C=O) groups is 1. The predicted molar refractivity (Wildman–Crippen MR) is 75.0 cm³/mol. The van der Waals surface area contributed by atoms with Crippen LogP contribution in [0.5, 0.6) is 0 Å². The van der Waals surface area contributed by atoms with Crippen LogP contribution in [-0.2, 0) is 0 Å². The van der Waals surface area contributed by atoms with E-state index in [-0.39, 0.29) is 5.56 Å². The highest BCUT2D eigenvalue weighted by molar-refractivity contribution is 6.06. The van der Waals surface area contributed by atoms with Gasteiger partial charge in [0.05, 0.1) is 28.5 Å². The lowest BCUT2D eigenvalue weighted by molar-refractivity contribution is 0.0697. The highest BCUT2D eigenvalue weighted by Crippen LogP contribution is 2.34. The van der Waals surface area contributed by atoms with Crippen molar-refractivity contribution in [3.05, 3.63) is 48.2 Å². The summed E-state index contributed by atoms with van der Waals surface area (Å²) in [5.41, 5.74) is 3.63. The normalized spacial score (nSPS) is 11.4. The average Bonchev–Trinajstić information content (AvgIpc) is 2.99. The van der Waals surface area contributed by atoms with Gasteiger partial charge in [-0.2, -0.15) is 5.10 Å². The zero-order valence-corrected chi connectivity index (χ0v) is 10.3. The summed E-state index contributed by atoms with van der Waals surface area (Å²) in [5, 5.41) is 17.9. The summed E-state index contributed by atoms with van der Waals surface area (Å²) < 4.78 is 0. The standard InChI is InChI=1S/C15H9N3O2/c19-15(20)8-4-5-12-11(6-8)10-3-1-2-9-7-16-18-13(9)14(10)17-12/h1-7H,(H,16,18)(H,19,20). The zero-order chi connectivity index (χ0) is 13.7. The van der Waals surface area contributed by atoms with Gasteiger partial charge in [0, 0.05) is 16.3 Å². The fourth-order valence-corrected chi connectivity index (χ4v) is 2.51. The fourth-order valence-electron chi connectivity index (χ4n) is 2.51. The summed E-state index contributed by atoms with van der Waals surface area (Å²) >= 11 is 0. The number of carboxylic acid groups (broad SMARTS) is 1. The van der Waals surface area contributed by atoms with E-state index in [4.69, 9.17) is 5.11 Å². The molecule has 0 fully saturated rings. The van der Waals surface area contributed by atoms with Crippen LogP contribution < -0.4 is 0 Å². The summed E-state index contributed by atoms with van der Waals surface area (Å²) in [4.78, 5) is 15.7. The van der Waals surface area contributed by atoms with Gasteiger partial charge < -0.3 is 5.11 Å². The first-order valence-electron chi connectivity index (χ1n) is 6.13. The third kappa shape index (κ3) is 1.40. The quantitative estimate of drug-likeness (QED) is 0.553. The molecule has 4 rings (SSSR count). The van der Waals surface area contributed by atoms with Crippen LogP contribution in [-0.4, -0.2) is 26.3 Å². The van der Waals surface area contributed by atoms with E-state index in [0.717, 1.165) is 33.1 Å². The molecule has 0 saturated carbocycles. The van der Waals surface area contributed by atoms with Crippen LogP contribution in [0, 0.1) is 0 Å². The Kier molecular flexibility index (Phi) is 2.06. The second-order valence-electron chi connectivity index (χ2n) is 4.64. The Labute approximate surface area is 113 Å². The van der Waals surface area contributed by atoms with Crippen molar-refractivity contribution in [1.82, 2.24) is 15.2 Å². The van der Waals surface area contributed by atoms with Gasteiger partial charge in [0.25, 0.3) is 0 Å². The minimum atomic E-state index is -0.937. The largest absolute Gasteiger partial charge is 0.478 e. The smallest absolute Gasteiger partial charge is 0.335 e. The molecule has 0 atom stereocenters. The molecule has 20 heavy (non-hydrogen) atoms. The van der Waals surface area contributed by atoms with E-state index in [9.17, 15) is 4.79 Å². The van der Waals surface area contributed by atoms with Gasteiger partial charge in [-0.1, -0.05) is 18.2 Å². The van der Waals surface area contributed by atoms with E-state index in [2.05, 4.69) is 15.2 Å². The number of nitrogens with zero attached hydrogens (tertiary/aromatic N) is 2. The molecule has 0 spiro atoms. The molecule has 1 aliphatic carbocycles. The van der Waals surface area contributed by atoms with Crippen LogP contribution >= 0.6 is 0 Å². The molecule has 0 unspecified atom stereocenters.